The van der Waals surface area contributed by atoms with Crippen LogP contribution in [0.25, 0.3) is 0 Å². The highest BCUT2D eigenvalue weighted by atomic mass is 32.2. The van der Waals surface area contributed by atoms with E-state index in [1.165, 1.54) is 32.4 Å². The van der Waals surface area contributed by atoms with Crippen molar-refractivity contribution in [2.75, 3.05) is 31.0 Å². The quantitative estimate of drug-likeness (QED) is 0.242. The number of aromatic nitrogens is 1. The Hall–Kier alpha value is -4.76. The summed E-state index contributed by atoms with van der Waals surface area (Å²) in [5, 5.41) is 2.07. The van der Waals surface area contributed by atoms with Gasteiger partial charge in [0.1, 0.15) is 11.0 Å². The lowest BCUT2D eigenvalue weighted by atomic mass is 9.83. The first-order valence-corrected chi connectivity index (χ1v) is 15.4. The summed E-state index contributed by atoms with van der Waals surface area (Å²) >= 11 is 2.10. The number of hydrogen-bond acceptors (Lipinski definition) is 9. The minimum Gasteiger partial charge on any atom is -0.497 e. The molecular weight excluding hydrogens is 647 g/mol. The number of nitrogens with zero attached hydrogens (tertiary/aromatic N) is 1. The number of nitrogens with one attached hydrogen (secondary N) is 2. The van der Waals surface area contributed by atoms with Crippen LogP contribution < -0.4 is 29.3 Å². The smallest absolute Gasteiger partial charge is 0.416 e. The lowest BCUT2D eigenvalue weighted by Gasteiger charge is -2.30. The molecule has 0 saturated carbocycles. The molecule has 6 rings (SSSR count). The van der Waals surface area contributed by atoms with Gasteiger partial charge in [0, 0.05) is 16.5 Å². The first kappa shape index (κ1) is 31.2. The van der Waals surface area contributed by atoms with Crippen molar-refractivity contribution in [1.29, 1.82) is 0 Å². The molecule has 4 aromatic rings. The molecule has 0 bridgehead atoms. The molecule has 3 heterocycles. The van der Waals surface area contributed by atoms with Crippen LogP contribution in [0.2, 0.25) is 0 Å². The molecule has 3 amide bonds. The van der Waals surface area contributed by atoms with Crippen LogP contribution in [0.3, 0.4) is 0 Å². The fraction of sp³-hybridized carbons (Fsp3) is 0.226. The fourth-order valence-electron chi connectivity index (χ4n) is 5.47. The van der Waals surface area contributed by atoms with Crippen LogP contribution in [0.1, 0.15) is 21.9 Å². The summed E-state index contributed by atoms with van der Waals surface area (Å²) < 4.78 is 55.4. The Bertz CT molecular complexity index is 1890. The lowest BCUT2D eigenvalue weighted by Crippen LogP contribution is -2.32. The summed E-state index contributed by atoms with van der Waals surface area (Å²) in [5.41, 5.74) is 0.0153. The van der Waals surface area contributed by atoms with Crippen LogP contribution in [-0.4, -0.2) is 48.8 Å². The van der Waals surface area contributed by atoms with E-state index < -0.39 is 53.2 Å². The number of halogens is 3. The molecule has 3 aromatic carbocycles. The van der Waals surface area contributed by atoms with E-state index in [4.69, 9.17) is 14.2 Å². The van der Waals surface area contributed by atoms with Gasteiger partial charge < -0.3 is 24.5 Å². The molecule has 0 radical (unpaired) electrons. The van der Waals surface area contributed by atoms with Gasteiger partial charge in [0.2, 0.25) is 11.8 Å². The highest BCUT2D eigenvalue weighted by Gasteiger charge is 2.56. The second kappa shape index (κ2) is 12.2. The summed E-state index contributed by atoms with van der Waals surface area (Å²) in [6, 6.07) is 15.6. The average Bonchev–Trinajstić information content (AvgIpc) is 3.53. The summed E-state index contributed by atoms with van der Waals surface area (Å²) in [4.78, 5) is 56.7. The Labute approximate surface area is 267 Å². The van der Waals surface area contributed by atoms with Crippen molar-refractivity contribution < 1.29 is 41.8 Å². The van der Waals surface area contributed by atoms with Crippen molar-refractivity contribution in [2.45, 2.75) is 22.4 Å². The standard InChI is InChI=1S/C31H24F3N3O7S2/c1-42-19-9-7-18(8-10-19)37-28(39)24-23(25-27(36-30(41)46-25)45-26(24)29(37)40)15-6-11-20(21(12-15)43-2)44-14-22(38)35-17-5-3-4-16(13-17)31(32,33)34/h3-13,23-24,26H,14H2,1-2H3,(H,35,38)(H,36,41). The number of imide groups is 1. The van der Waals surface area contributed by atoms with Gasteiger partial charge in [0.05, 0.1) is 36.4 Å². The van der Waals surface area contributed by atoms with Gasteiger partial charge in [-0.25, -0.2) is 4.90 Å². The Kier molecular flexibility index (Phi) is 8.29. The van der Waals surface area contributed by atoms with E-state index in [-0.39, 0.29) is 22.1 Å². The van der Waals surface area contributed by atoms with E-state index in [1.807, 2.05) is 0 Å². The van der Waals surface area contributed by atoms with Crippen LogP contribution in [0.15, 0.2) is 76.6 Å². The van der Waals surface area contributed by atoms with Gasteiger partial charge in [-0.2, -0.15) is 13.2 Å². The predicted octanol–water partition coefficient (Wildman–Crippen LogP) is 5.29. The molecule has 3 atom stereocenters. The first-order chi connectivity index (χ1) is 22.0. The van der Waals surface area contributed by atoms with Gasteiger partial charge in [0.25, 0.3) is 5.91 Å². The van der Waals surface area contributed by atoms with Crippen molar-refractivity contribution in [1.82, 2.24) is 4.98 Å². The number of alkyl halides is 3. The molecule has 0 spiro atoms. The maximum absolute atomic E-state index is 13.9. The zero-order valence-electron chi connectivity index (χ0n) is 24.0. The SMILES string of the molecule is COc1ccc(N2C(=O)C3Sc4[nH]c(=O)sc4C(c4ccc(OCC(=O)Nc5cccc(C(F)(F)F)c5)c(OC)c4)C3C2=O)cc1. The number of H-pyrrole nitrogens is 1. The molecule has 10 nitrogen and oxygen atoms in total. The third-order valence-electron chi connectivity index (χ3n) is 7.53. The van der Waals surface area contributed by atoms with Crippen molar-refractivity contribution in [3.63, 3.8) is 0 Å². The maximum Gasteiger partial charge on any atom is 0.416 e. The number of ether oxygens (including phenoxy) is 3. The topological polar surface area (TPSA) is 127 Å². The normalized spacial score (nSPS) is 19.0. The Morgan fingerprint density at radius 1 is 0.957 bits per heavy atom. The summed E-state index contributed by atoms with van der Waals surface area (Å²) in [6.45, 7) is -0.538. The third-order valence-corrected chi connectivity index (χ3v) is 9.93. The van der Waals surface area contributed by atoms with Gasteiger partial charge in [-0.3, -0.25) is 19.2 Å². The average molecular weight is 672 g/mol. The number of methoxy groups -OCH3 is 2. The van der Waals surface area contributed by atoms with E-state index in [0.717, 1.165) is 40.1 Å². The highest BCUT2D eigenvalue weighted by Crippen LogP contribution is 2.54. The minimum absolute atomic E-state index is 0.0452. The molecule has 3 unspecified atom stereocenters. The number of thioether (sulfide) groups is 1. The van der Waals surface area contributed by atoms with E-state index in [1.54, 1.807) is 36.4 Å². The summed E-state index contributed by atoms with van der Waals surface area (Å²) in [7, 11) is 2.89. The van der Waals surface area contributed by atoms with E-state index in [2.05, 4.69) is 10.3 Å². The number of benzene rings is 3. The van der Waals surface area contributed by atoms with Gasteiger partial charge in [-0.05, 0) is 60.2 Å². The molecule has 1 fully saturated rings. The summed E-state index contributed by atoms with van der Waals surface area (Å²) in [6.07, 6.45) is -4.56. The lowest BCUT2D eigenvalue weighted by molar-refractivity contribution is -0.137. The molecule has 2 aliphatic rings. The molecule has 0 aliphatic carbocycles. The largest absolute Gasteiger partial charge is 0.497 e. The van der Waals surface area contributed by atoms with Crippen molar-refractivity contribution in [3.05, 3.63) is 92.4 Å². The first-order valence-electron chi connectivity index (χ1n) is 13.7. The van der Waals surface area contributed by atoms with E-state index in [0.29, 0.717) is 26.9 Å². The van der Waals surface area contributed by atoms with Gasteiger partial charge in [0.15, 0.2) is 18.1 Å². The Balaban J connectivity index is 1.26. The van der Waals surface area contributed by atoms with E-state index >= 15 is 0 Å². The number of aromatic amines is 1. The van der Waals surface area contributed by atoms with Crippen LogP contribution >= 0.6 is 23.1 Å². The van der Waals surface area contributed by atoms with Gasteiger partial charge >= 0.3 is 11.0 Å². The number of amides is 3. The van der Waals surface area contributed by atoms with Crippen molar-refractivity contribution in [3.8, 4) is 17.2 Å². The molecule has 46 heavy (non-hydrogen) atoms. The monoisotopic (exact) mass is 671 g/mol. The van der Waals surface area contributed by atoms with Gasteiger partial charge in [-0.1, -0.05) is 35.2 Å². The number of hydrogen-bond donors (Lipinski definition) is 2. The molecule has 1 saturated heterocycles. The fourth-order valence-corrected chi connectivity index (χ4v) is 7.99. The van der Waals surface area contributed by atoms with E-state index in [9.17, 15) is 32.3 Å². The number of thiazole rings is 1. The molecule has 15 heteroatoms. The predicted molar refractivity (Wildman–Crippen MR) is 164 cm³/mol. The zero-order valence-corrected chi connectivity index (χ0v) is 25.7. The zero-order chi connectivity index (χ0) is 32.7. The second-order valence-corrected chi connectivity index (χ2v) is 12.5. The molecule has 2 N–H and O–H groups in total. The minimum atomic E-state index is -4.56. The summed E-state index contributed by atoms with van der Waals surface area (Å²) in [5.74, 6) is -2.13. The second-order valence-electron chi connectivity index (χ2n) is 10.3. The number of carbonyl (C=O) groups excluding carboxylic acids is 3. The van der Waals surface area contributed by atoms with Crippen LogP contribution in [0.5, 0.6) is 17.2 Å². The Morgan fingerprint density at radius 3 is 2.41 bits per heavy atom. The number of anilines is 2. The third kappa shape index (κ3) is 5.83. The van der Waals surface area contributed by atoms with Crippen LogP contribution in [-0.2, 0) is 20.6 Å². The molecule has 238 valence electrons. The molecule has 2 aliphatic heterocycles. The molecule has 1 aromatic heterocycles. The molecular formula is C31H24F3N3O7S2. The van der Waals surface area contributed by atoms with Crippen molar-refractivity contribution >= 4 is 52.2 Å². The number of rotatable bonds is 8. The van der Waals surface area contributed by atoms with Gasteiger partial charge in [-0.15, -0.1) is 0 Å². The van der Waals surface area contributed by atoms with Crippen LogP contribution in [0.4, 0.5) is 24.5 Å². The number of fused-ring (bicyclic) bond motifs is 2. The number of carbonyl (C=O) groups is 3. The highest BCUT2D eigenvalue weighted by molar-refractivity contribution is 8.00. The Morgan fingerprint density at radius 2 is 1.72 bits per heavy atom. The maximum atomic E-state index is 13.9. The van der Waals surface area contributed by atoms with Crippen molar-refractivity contribution in [2.24, 2.45) is 5.92 Å². The van der Waals surface area contributed by atoms with Crippen LogP contribution in [0, 0.1) is 5.92 Å².